The van der Waals surface area contributed by atoms with Gasteiger partial charge in [0.25, 0.3) is 0 Å². The largest absolute Gasteiger partial charge is 0.321 e. The number of benzene rings is 1. The van der Waals surface area contributed by atoms with Crippen LogP contribution in [0.15, 0.2) is 6.07 Å². The van der Waals surface area contributed by atoms with Crippen LogP contribution in [0.4, 0.5) is 8.78 Å². The molecule has 1 nitrogen and oxygen atoms in total. The number of aryl methyl sites for hydroxylation is 1. The maximum atomic E-state index is 14.2. The molecule has 0 aliphatic heterocycles. The van der Waals surface area contributed by atoms with Gasteiger partial charge < -0.3 is 5.73 Å². The van der Waals surface area contributed by atoms with Crippen LogP contribution in [-0.4, -0.2) is 0 Å². The van der Waals surface area contributed by atoms with Gasteiger partial charge in [-0.05, 0) is 43.9 Å². The third kappa shape index (κ3) is 2.08. The van der Waals surface area contributed by atoms with Crippen molar-refractivity contribution in [3.8, 4) is 0 Å². The Kier molecular flexibility index (Phi) is 3.21. The van der Waals surface area contributed by atoms with Gasteiger partial charge in [0, 0.05) is 11.1 Å². The first-order valence-electron chi connectivity index (χ1n) is 6.20. The van der Waals surface area contributed by atoms with Crippen LogP contribution in [0.3, 0.4) is 0 Å². The summed E-state index contributed by atoms with van der Waals surface area (Å²) in [7, 11) is 0. The Morgan fingerprint density at radius 1 is 1.12 bits per heavy atom. The second kappa shape index (κ2) is 4.37. The minimum absolute atomic E-state index is 0.326. The summed E-state index contributed by atoms with van der Waals surface area (Å²) in [5.41, 5.74) is 6.75. The van der Waals surface area contributed by atoms with Gasteiger partial charge in [-0.3, -0.25) is 0 Å². The Morgan fingerprint density at radius 3 is 2.29 bits per heavy atom. The third-order valence-electron chi connectivity index (χ3n) is 3.89. The van der Waals surface area contributed by atoms with E-state index in [4.69, 9.17) is 5.73 Å². The molecule has 1 saturated carbocycles. The summed E-state index contributed by atoms with van der Waals surface area (Å²) < 4.78 is 27.9. The number of nitrogens with two attached hydrogens (primary N) is 1. The van der Waals surface area contributed by atoms with Gasteiger partial charge in [0.2, 0.25) is 0 Å². The average Bonchev–Trinajstić information content (AvgIpc) is 2.27. The Morgan fingerprint density at radius 2 is 1.71 bits per heavy atom. The molecule has 94 valence electrons. The second-order valence-corrected chi connectivity index (χ2v) is 5.21. The summed E-state index contributed by atoms with van der Waals surface area (Å²) in [6.45, 7) is 3.21. The van der Waals surface area contributed by atoms with Crippen molar-refractivity contribution in [3.63, 3.8) is 0 Å². The van der Waals surface area contributed by atoms with E-state index in [1.807, 2.05) is 0 Å². The van der Waals surface area contributed by atoms with E-state index < -0.39 is 5.54 Å². The van der Waals surface area contributed by atoms with Crippen LogP contribution in [-0.2, 0) is 5.54 Å². The number of halogens is 2. The molecule has 17 heavy (non-hydrogen) atoms. The molecule has 1 aliphatic carbocycles. The van der Waals surface area contributed by atoms with E-state index in [9.17, 15) is 8.78 Å². The zero-order valence-electron chi connectivity index (χ0n) is 10.4. The molecule has 0 radical (unpaired) electrons. The Bertz CT molecular complexity index is 408. The van der Waals surface area contributed by atoms with Gasteiger partial charge in [0.15, 0.2) is 0 Å². The van der Waals surface area contributed by atoms with Gasteiger partial charge in [-0.15, -0.1) is 0 Å². The predicted octanol–water partition coefficient (Wildman–Crippen LogP) is 3.70. The molecule has 0 heterocycles. The van der Waals surface area contributed by atoms with Crippen LogP contribution < -0.4 is 5.73 Å². The monoisotopic (exact) mass is 239 g/mol. The van der Waals surface area contributed by atoms with Gasteiger partial charge in [-0.25, -0.2) is 8.78 Å². The van der Waals surface area contributed by atoms with E-state index in [1.54, 1.807) is 13.8 Å². The van der Waals surface area contributed by atoms with E-state index in [2.05, 4.69) is 0 Å². The maximum Gasteiger partial charge on any atom is 0.131 e. The Labute approximate surface area is 101 Å². The van der Waals surface area contributed by atoms with Crippen molar-refractivity contribution >= 4 is 0 Å². The van der Waals surface area contributed by atoms with Crippen molar-refractivity contribution in [2.24, 2.45) is 5.73 Å². The number of hydrogen-bond acceptors (Lipinski definition) is 1. The summed E-state index contributed by atoms with van der Waals surface area (Å²) >= 11 is 0. The van der Waals surface area contributed by atoms with Crippen molar-refractivity contribution in [1.29, 1.82) is 0 Å². The zero-order valence-corrected chi connectivity index (χ0v) is 10.4. The summed E-state index contributed by atoms with van der Waals surface area (Å²) in [6.07, 6.45) is 4.60. The summed E-state index contributed by atoms with van der Waals surface area (Å²) in [6, 6.07) is 1.25. The van der Waals surface area contributed by atoms with Gasteiger partial charge in [0.1, 0.15) is 11.6 Å². The first-order chi connectivity index (χ1) is 7.96. The highest BCUT2D eigenvalue weighted by Crippen LogP contribution is 2.39. The number of rotatable bonds is 1. The van der Waals surface area contributed by atoms with Crippen LogP contribution in [0.1, 0.15) is 48.8 Å². The fourth-order valence-electron chi connectivity index (χ4n) is 2.87. The molecule has 2 N–H and O–H groups in total. The normalized spacial score (nSPS) is 19.4. The lowest BCUT2D eigenvalue weighted by molar-refractivity contribution is 0.289. The molecular weight excluding hydrogens is 220 g/mol. The van der Waals surface area contributed by atoms with Crippen LogP contribution in [0, 0.1) is 25.5 Å². The highest BCUT2D eigenvalue weighted by Gasteiger charge is 2.34. The van der Waals surface area contributed by atoms with Crippen molar-refractivity contribution < 1.29 is 8.78 Å². The van der Waals surface area contributed by atoms with Gasteiger partial charge in [-0.1, -0.05) is 19.3 Å². The zero-order chi connectivity index (χ0) is 12.6. The summed E-state index contributed by atoms with van der Waals surface area (Å²) in [5, 5.41) is 0. The second-order valence-electron chi connectivity index (χ2n) is 5.21. The highest BCUT2D eigenvalue weighted by atomic mass is 19.1. The molecule has 0 amide bonds. The van der Waals surface area contributed by atoms with E-state index in [1.165, 1.54) is 6.07 Å². The minimum atomic E-state index is -0.681. The fourth-order valence-corrected chi connectivity index (χ4v) is 2.87. The van der Waals surface area contributed by atoms with Crippen molar-refractivity contribution in [2.45, 2.75) is 51.5 Å². The van der Waals surface area contributed by atoms with E-state index in [0.717, 1.165) is 32.1 Å². The van der Waals surface area contributed by atoms with E-state index in [-0.39, 0.29) is 11.6 Å². The van der Waals surface area contributed by atoms with Crippen LogP contribution in [0.5, 0.6) is 0 Å². The first-order valence-corrected chi connectivity index (χ1v) is 6.20. The molecule has 0 aromatic heterocycles. The lowest BCUT2D eigenvalue weighted by Gasteiger charge is -2.35. The average molecular weight is 239 g/mol. The Balaban J connectivity index is 2.57. The first kappa shape index (κ1) is 12.5. The molecular formula is C14H19F2N. The fraction of sp³-hybridized carbons (Fsp3) is 0.571. The summed E-state index contributed by atoms with van der Waals surface area (Å²) in [5.74, 6) is -0.678. The molecule has 1 aromatic carbocycles. The maximum absolute atomic E-state index is 14.2. The minimum Gasteiger partial charge on any atom is -0.321 e. The van der Waals surface area contributed by atoms with Crippen molar-refractivity contribution in [2.75, 3.05) is 0 Å². The van der Waals surface area contributed by atoms with E-state index >= 15 is 0 Å². The quantitative estimate of drug-likeness (QED) is 0.794. The smallest absolute Gasteiger partial charge is 0.131 e. The molecule has 1 aliphatic rings. The molecule has 1 fully saturated rings. The Hall–Kier alpha value is -0.960. The molecule has 0 bridgehead atoms. The molecule has 0 unspecified atom stereocenters. The molecule has 1 aromatic rings. The van der Waals surface area contributed by atoms with Crippen LogP contribution in [0.2, 0.25) is 0 Å². The van der Waals surface area contributed by atoms with Gasteiger partial charge >= 0.3 is 0 Å². The number of hydrogen-bond donors (Lipinski definition) is 1. The topological polar surface area (TPSA) is 26.0 Å². The summed E-state index contributed by atoms with van der Waals surface area (Å²) in [4.78, 5) is 0. The SMILES string of the molecule is Cc1cc(F)c(C)c(C2(N)CCCCC2)c1F. The lowest BCUT2D eigenvalue weighted by atomic mass is 9.75. The molecule has 0 atom stereocenters. The lowest BCUT2D eigenvalue weighted by Crippen LogP contribution is -2.40. The van der Waals surface area contributed by atoms with Gasteiger partial charge in [0.05, 0.1) is 0 Å². The molecule has 0 saturated heterocycles. The van der Waals surface area contributed by atoms with Crippen molar-refractivity contribution in [1.82, 2.24) is 0 Å². The van der Waals surface area contributed by atoms with Crippen LogP contribution >= 0.6 is 0 Å². The molecule has 0 spiro atoms. The van der Waals surface area contributed by atoms with Crippen LogP contribution in [0.25, 0.3) is 0 Å². The van der Waals surface area contributed by atoms with Crippen molar-refractivity contribution in [3.05, 3.63) is 34.4 Å². The van der Waals surface area contributed by atoms with Gasteiger partial charge in [-0.2, -0.15) is 0 Å². The van der Waals surface area contributed by atoms with E-state index in [0.29, 0.717) is 16.7 Å². The molecule has 2 rings (SSSR count). The predicted molar refractivity (Wildman–Crippen MR) is 64.8 cm³/mol. The standard InChI is InChI=1S/C14H19F2N/c1-9-8-11(15)10(2)12(13(9)16)14(17)6-4-3-5-7-14/h8H,3-7,17H2,1-2H3. The molecule has 3 heteroatoms. The highest BCUT2D eigenvalue weighted by molar-refractivity contribution is 5.39. The third-order valence-corrected chi connectivity index (χ3v) is 3.89.